The van der Waals surface area contributed by atoms with E-state index in [1.807, 2.05) is 13.1 Å². The maximum absolute atomic E-state index is 5.90. The molecule has 0 unspecified atom stereocenters. The minimum absolute atomic E-state index is 0.635. The molecule has 0 N–H and O–H groups in total. The molecule has 0 aliphatic rings. The summed E-state index contributed by atoms with van der Waals surface area (Å²) in [5.74, 6) is 0.893. The predicted molar refractivity (Wildman–Crippen MR) is 84.9 cm³/mol. The molecule has 2 rings (SSSR count). The van der Waals surface area contributed by atoms with Crippen LogP contribution >= 0.6 is 27.5 Å². The van der Waals surface area contributed by atoms with Gasteiger partial charge >= 0.3 is 0 Å². The van der Waals surface area contributed by atoms with E-state index in [4.69, 9.17) is 11.6 Å². The molecule has 0 aliphatic heterocycles. The third kappa shape index (κ3) is 3.71. The quantitative estimate of drug-likeness (QED) is 0.803. The van der Waals surface area contributed by atoms with E-state index in [-0.39, 0.29) is 0 Å². The van der Waals surface area contributed by atoms with Crippen molar-refractivity contribution in [2.24, 2.45) is 0 Å². The van der Waals surface area contributed by atoms with E-state index in [2.05, 4.69) is 57.0 Å². The third-order valence-electron chi connectivity index (χ3n) is 3.00. The van der Waals surface area contributed by atoms with Gasteiger partial charge in [0, 0.05) is 19.8 Å². The van der Waals surface area contributed by atoms with Crippen LogP contribution in [0.3, 0.4) is 0 Å². The summed E-state index contributed by atoms with van der Waals surface area (Å²) in [5.41, 5.74) is 2.63. The number of nitrogens with zero attached hydrogens (tertiary/aromatic N) is 2. The summed E-state index contributed by atoms with van der Waals surface area (Å²) in [4.78, 5) is 6.45. The fourth-order valence-electron chi connectivity index (χ4n) is 1.92. The zero-order chi connectivity index (χ0) is 13.8. The van der Waals surface area contributed by atoms with Gasteiger partial charge in [-0.15, -0.1) is 0 Å². The Morgan fingerprint density at radius 1 is 1.21 bits per heavy atom. The molecule has 4 heteroatoms. The molecule has 2 aromatic rings. The van der Waals surface area contributed by atoms with E-state index in [0.717, 1.165) is 23.3 Å². The lowest BCUT2D eigenvalue weighted by molar-refractivity contribution is 0.893. The first kappa shape index (κ1) is 14.4. The summed E-state index contributed by atoms with van der Waals surface area (Å²) >= 11 is 9.40. The van der Waals surface area contributed by atoms with E-state index in [1.54, 1.807) is 6.20 Å². The number of pyridine rings is 1. The number of aromatic nitrogens is 1. The second-order valence-electron chi connectivity index (χ2n) is 4.49. The molecular weight excluding hydrogens is 324 g/mol. The van der Waals surface area contributed by atoms with Crippen LogP contribution in [0.4, 0.5) is 5.82 Å². The number of anilines is 1. The fourth-order valence-corrected chi connectivity index (χ4v) is 2.86. The maximum atomic E-state index is 5.90. The average Bonchev–Trinajstić information content (AvgIpc) is 2.39. The SMILES string of the molecule is CCc1ccc(CN(C)c2ncc(Cl)cc2Br)cc1. The lowest BCUT2D eigenvalue weighted by Crippen LogP contribution is -2.18. The highest BCUT2D eigenvalue weighted by Crippen LogP contribution is 2.26. The summed E-state index contributed by atoms with van der Waals surface area (Å²) < 4.78 is 0.910. The van der Waals surface area contributed by atoms with E-state index < -0.39 is 0 Å². The van der Waals surface area contributed by atoms with Crippen molar-refractivity contribution in [2.45, 2.75) is 19.9 Å². The molecule has 0 bridgehead atoms. The van der Waals surface area contributed by atoms with Crippen molar-refractivity contribution in [3.63, 3.8) is 0 Å². The van der Waals surface area contributed by atoms with Crippen LogP contribution in [0.2, 0.25) is 5.02 Å². The van der Waals surface area contributed by atoms with Crippen molar-refractivity contribution in [1.29, 1.82) is 0 Å². The van der Waals surface area contributed by atoms with Crippen molar-refractivity contribution < 1.29 is 0 Å². The van der Waals surface area contributed by atoms with E-state index >= 15 is 0 Å². The summed E-state index contributed by atoms with van der Waals surface area (Å²) in [7, 11) is 2.02. The highest BCUT2D eigenvalue weighted by molar-refractivity contribution is 9.10. The fraction of sp³-hybridized carbons (Fsp3) is 0.267. The molecule has 0 aliphatic carbocycles. The van der Waals surface area contributed by atoms with E-state index in [9.17, 15) is 0 Å². The number of benzene rings is 1. The summed E-state index contributed by atoms with van der Waals surface area (Å²) in [6.45, 7) is 2.98. The number of hydrogen-bond acceptors (Lipinski definition) is 2. The van der Waals surface area contributed by atoms with Crippen LogP contribution in [0, 0.1) is 0 Å². The van der Waals surface area contributed by atoms with Gasteiger partial charge in [-0.05, 0) is 39.5 Å². The van der Waals surface area contributed by atoms with Gasteiger partial charge < -0.3 is 4.90 Å². The molecule has 0 amide bonds. The molecule has 0 atom stereocenters. The van der Waals surface area contributed by atoms with Gasteiger partial charge in [-0.25, -0.2) is 4.98 Å². The molecule has 2 nitrogen and oxygen atoms in total. The van der Waals surface area contributed by atoms with Crippen LogP contribution < -0.4 is 4.90 Å². The Morgan fingerprint density at radius 3 is 2.42 bits per heavy atom. The molecule has 0 spiro atoms. The molecule has 1 aromatic carbocycles. The largest absolute Gasteiger partial charge is 0.354 e. The monoisotopic (exact) mass is 338 g/mol. The second-order valence-corrected chi connectivity index (χ2v) is 5.78. The smallest absolute Gasteiger partial charge is 0.143 e. The van der Waals surface area contributed by atoms with Crippen LogP contribution in [0.1, 0.15) is 18.1 Å². The summed E-state index contributed by atoms with van der Waals surface area (Å²) in [5, 5.41) is 0.635. The van der Waals surface area contributed by atoms with E-state index in [1.165, 1.54) is 11.1 Å². The Morgan fingerprint density at radius 2 is 1.84 bits per heavy atom. The van der Waals surface area contributed by atoms with Crippen molar-refractivity contribution in [1.82, 2.24) is 4.98 Å². The lowest BCUT2D eigenvalue weighted by Gasteiger charge is -2.19. The summed E-state index contributed by atoms with van der Waals surface area (Å²) in [6, 6.07) is 10.5. The zero-order valence-electron chi connectivity index (χ0n) is 11.0. The van der Waals surface area contributed by atoms with Crippen molar-refractivity contribution >= 4 is 33.3 Å². The van der Waals surface area contributed by atoms with Gasteiger partial charge in [-0.3, -0.25) is 0 Å². The van der Waals surface area contributed by atoms with Crippen LogP contribution in [0.15, 0.2) is 41.0 Å². The minimum Gasteiger partial charge on any atom is -0.354 e. The van der Waals surface area contributed by atoms with E-state index in [0.29, 0.717) is 5.02 Å². The number of rotatable bonds is 4. The number of halogens is 2. The highest BCUT2D eigenvalue weighted by Gasteiger charge is 2.08. The first-order valence-electron chi connectivity index (χ1n) is 6.20. The van der Waals surface area contributed by atoms with Gasteiger partial charge in [0.05, 0.1) is 9.50 Å². The molecule has 1 aromatic heterocycles. The van der Waals surface area contributed by atoms with Gasteiger partial charge in [-0.2, -0.15) is 0 Å². The topological polar surface area (TPSA) is 16.1 Å². The van der Waals surface area contributed by atoms with Crippen LogP contribution in [0.5, 0.6) is 0 Å². The Hall–Kier alpha value is -1.06. The Labute approximate surface area is 127 Å². The standard InChI is InChI=1S/C15H16BrClN2/c1-3-11-4-6-12(7-5-11)10-19(2)15-14(16)8-13(17)9-18-15/h4-9H,3,10H2,1-2H3. The molecule has 0 saturated carbocycles. The summed E-state index contributed by atoms with van der Waals surface area (Å²) in [6.07, 6.45) is 2.73. The van der Waals surface area contributed by atoms with Crippen molar-refractivity contribution in [2.75, 3.05) is 11.9 Å². The molecule has 100 valence electrons. The average molecular weight is 340 g/mol. The van der Waals surface area contributed by atoms with Gasteiger partial charge in [0.25, 0.3) is 0 Å². The van der Waals surface area contributed by atoms with Crippen molar-refractivity contribution in [3.8, 4) is 0 Å². The first-order valence-corrected chi connectivity index (χ1v) is 7.37. The van der Waals surface area contributed by atoms with Gasteiger partial charge in [0.1, 0.15) is 5.82 Å². The zero-order valence-corrected chi connectivity index (χ0v) is 13.4. The predicted octanol–water partition coefficient (Wildman–Crippen LogP) is 4.70. The highest BCUT2D eigenvalue weighted by atomic mass is 79.9. The molecule has 0 radical (unpaired) electrons. The molecule has 19 heavy (non-hydrogen) atoms. The second kappa shape index (κ2) is 6.40. The van der Waals surface area contributed by atoms with Crippen molar-refractivity contribution in [3.05, 3.63) is 57.2 Å². The Bertz CT molecular complexity index is 555. The third-order valence-corrected chi connectivity index (χ3v) is 3.79. The van der Waals surface area contributed by atoms with Gasteiger partial charge in [-0.1, -0.05) is 42.8 Å². The van der Waals surface area contributed by atoms with Gasteiger partial charge in [0.2, 0.25) is 0 Å². The molecular formula is C15H16BrClN2. The Kier molecular flexibility index (Phi) is 4.83. The molecule has 0 saturated heterocycles. The van der Waals surface area contributed by atoms with Gasteiger partial charge in [0.15, 0.2) is 0 Å². The minimum atomic E-state index is 0.635. The first-order chi connectivity index (χ1) is 9.10. The molecule has 0 fully saturated rings. The maximum Gasteiger partial charge on any atom is 0.143 e. The number of aryl methyl sites for hydroxylation is 1. The normalized spacial score (nSPS) is 10.5. The number of hydrogen-bond donors (Lipinski definition) is 0. The van der Waals surface area contributed by atoms with Crippen LogP contribution in [-0.2, 0) is 13.0 Å². The van der Waals surface area contributed by atoms with Crippen LogP contribution in [0.25, 0.3) is 0 Å². The van der Waals surface area contributed by atoms with Crippen LogP contribution in [-0.4, -0.2) is 12.0 Å². The lowest BCUT2D eigenvalue weighted by atomic mass is 10.1. The Balaban J connectivity index is 2.13. The molecule has 1 heterocycles.